The van der Waals surface area contributed by atoms with E-state index in [9.17, 15) is 13.2 Å². The second-order valence-corrected chi connectivity index (χ2v) is 11.4. The van der Waals surface area contributed by atoms with E-state index >= 15 is 0 Å². The van der Waals surface area contributed by atoms with Crippen molar-refractivity contribution in [3.8, 4) is 11.5 Å². The van der Waals surface area contributed by atoms with Gasteiger partial charge in [-0.1, -0.05) is 18.2 Å². The smallest absolute Gasteiger partial charge is 0.313 e. The predicted molar refractivity (Wildman–Crippen MR) is 130 cm³/mol. The Balaban J connectivity index is 1.69. The number of aliphatic carboxylic acids is 1. The highest BCUT2D eigenvalue weighted by molar-refractivity contribution is 9.11. The van der Waals surface area contributed by atoms with Crippen LogP contribution in [0, 0.1) is 0 Å². The van der Waals surface area contributed by atoms with Gasteiger partial charge in [-0.25, -0.2) is 8.42 Å². The fourth-order valence-corrected chi connectivity index (χ4v) is 6.85. The van der Waals surface area contributed by atoms with Crippen molar-refractivity contribution in [1.82, 2.24) is 4.98 Å². The number of halogens is 2. The van der Waals surface area contributed by atoms with E-state index in [1.165, 1.54) is 18.0 Å². The molecule has 1 aromatic heterocycles. The average molecular weight is 597 g/mol. The van der Waals surface area contributed by atoms with Crippen molar-refractivity contribution in [2.45, 2.75) is 14.7 Å². The van der Waals surface area contributed by atoms with Crippen LogP contribution >= 0.6 is 43.6 Å². The lowest BCUT2D eigenvalue weighted by atomic mass is 10.2. The molecule has 164 valence electrons. The molecule has 0 aliphatic carbocycles. The van der Waals surface area contributed by atoms with Gasteiger partial charge in [0.2, 0.25) is 9.84 Å². The van der Waals surface area contributed by atoms with Crippen LogP contribution < -0.4 is 4.74 Å². The molecule has 4 rings (SSSR count). The Labute approximate surface area is 205 Å². The van der Waals surface area contributed by atoms with E-state index in [-0.39, 0.29) is 15.5 Å². The third-order valence-corrected chi connectivity index (χ3v) is 8.46. The van der Waals surface area contributed by atoms with Gasteiger partial charge >= 0.3 is 5.97 Å². The van der Waals surface area contributed by atoms with Crippen LogP contribution in [0.3, 0.4) is 0 Å². The van der Waals surface area contributed by atoms with Crippen molar-refractivity contribution < 1.29 is 23.1 Å². The van der Waals surface area contributed by atoms with Crippen LogP contribution in [0.4, 0.5) is 0 Å². The lowest BCUT2D eigenvalue weighted by Gasteiger charge is -2.12. The maximum Gasteiger partial charge on any atom is 0.313 e. The van der Waals surface area contributed by atoms with Crippen LogP contribution in [0.25, 0.3) is 10.9 Å². The molecule has 0 fully saturated rings. The summed E-state index contributed by atoms with van der Waals surface area (Å²) in [5, 5.41) is 9.39. The molecule has 0 amide bonds. The molecule has 0 bridgehead atoms. The number of hydrogen-bond acceptors (Lipinski definition) is 5. The van der Waals surface area contributed by atoms with Crippen molar-refractivity contribution in [3.63, 3.8) is 0 Å². The summed E-state index contributed by atoms with van der Waals surface area (Å²) in [5.74, 6) is -0.00773. The van der Waals surface area contributed by atoms with Gasteiger partial charge in [0.25, 0.3) is 0 Å². The molecule has 6 nitrogen and oxygen atoms in total. The van der Waals surface area contributed by atoms with E-state index in [0.29, 0.717) is 31.3 Å². The number of nitrogens with one attached hydrogen (secondary N) is 1. The summed E-state index contributed by atoms with van der Waals surface area (Å²) in [6, 6.07) is 17.0. The molecule has 10 heteroatoms. The average Bonchev–Trinajstić information content (AvgIpc) is 3.19. The van der Waals surface area contributed by atoms with Crippen molar-refractivity contribution in [2.75, 3.05) is 5.75 Å². The topological polar surface area (TPSA) is 96.5 Å². The van der Waals surface area contributed by atoms with Gasteiger partial charge in [-0.05, 0) is 74.3 Å². The van der Waals surface area contributed by atoms with Crippen LogP contribution in [0.5, 0.6) is 11.5 Å². The second kappa shape index (κ2) is 9.30. The van der Waals surface area contributed by atoms with Crippen LogP contribution in [0.1, 0.15) is 0 Å². The van der Waals surface area contributed by atoms with Crippen LogP contribution in [-0.2, 0) is 14.6 Å². The standard InChI is InChI=1S/C22H15Br2NO5S2/c23-17-9-14(31-12-21(26)27)10-18(24)22(17)30-13-6-7-19-16(8-13)20(11-25-19)32(28,29)15-4-2-1-3-5-15/h1-11,25H,12H2,(H,26,27). The zero-order valence-electron chi connectivity index (χ0n) is 16.2. The number of sulfone groups is 1. The third kappa shape index (κ3) is 4.73. The molecule has 0 atom stereocenters. The fourth-order valence-electron chi connectivity index (χ4n) is 3.07. The molecule has 0 saturated carbocycles. The maximum absolute atomic E-state index is 13.1. The third-order valence-electron chi connectivity index (χ3n) is 4.51. The van der Waals surface area contributed by atoms with E-state index in [0.717, 1.165) is 4.90 Å². The number of carboxylic acids is 1. The van der Waals surface area contributed by atoms with E-state index in [4.69, 9.17) is 9.84 Å². The van der Waals surface area contributed by atoms with Gasteiger partial charge in [-0.3, -0.25) is 4.79 Å². The number of carboxylic acid groups (broad SMARTS) is 1. The van der Waals surface area contributed by atoms with Crippen molar-refractivity contribution in [2.24, 2.45) is 0 Å². The Bertz CT molecular complexity index is 1400. The summed E-state index contributed by atoms with van der Waals surface area (Å²) in [6.07, 6.45) is 1.48. The number of carbonyl (C=O) groups is 1. The van der Waals surface area contributed by atoms with Gasteiger partial charge in [-0.2, -0.15) is 0 Å². The first kappa shape index (κ1) is 22.9. The Morgan fingerprint density at radius 1 is 1.03 bits per heavy atom. The fraction of sp³-hybridized carbons (Fsp3) is 0.0455. The predicted octanol–water partition coefficient (Wildman–Crippen LogP) is 6.49. The van der Waals surface area contributed by atoms with Gasteiger partial charge in [0.15, 0.2) is 5.75 Å². The molecule has 3 aromatic carbocycles. The lowest BCUT2D eigenvalue weighted by Crippen LogP contribution is -2.00. The Hall–Kier alpha value is -2.27. The monoisotopic (exact) mass is 595 g/mol. The number of hydrogen-bond donors (Lipinski definition) is 2. The Kier molecular flexibility index (Phi) is 6.66. The minimum Gasteiger partial charge on any atom is -0.481 e. The van der Waals surface area contributed by atoms with E-state index in [2.05, 4.69) is 36.8 Å². The number of ether oxygens (including phenoxy) is 1. The highest BCUT2D eigenvalue weighted by Crippen LogP contribution is 2.41. The lowest BCUT2D eigenvalue weighted by molar-refractivity contribution is -0.133. The molecular formula is C22H15Br2NO5S2. The number of fused-ring (bicyclic) bond motifs is 1. The number of aromatic nitrogens is 1. The quantitative estimate of drug-likeness (QED) is 0.237. The molecule has 1 heterocycles. The first-order chi connectivity index (χ1) is 15.3. The second-order valence-electron chi connectivity index (χ2n) is 6.68. The summed E-state index contributed by atoms with van der Waals surface area (Å²) in [6.45, 7) is 0. The first-order valence-electron chi connectivity index (χ1n) is 9.18. The molecule has 0 saturated heterocycles. The number of H-pyrrole nitrogens is 1. The summed E-state index contributed by atoms with van der Waals surface area (Å²) < 4.78 is 33.5. The number of thioether (sulfide) groups is 1. The highest BCUT2D eigenvalue weighted by Gasteiger charge is 2.22. The maximum atomic E-state index is 13.1. The minimum absolute atomic E-state index is 0.0537. The summed E-state index contributed by atoms with van der Waals surface area (Å²) >= 11 is 8.12. The van der Waals surface area contributed by atoms with E-state index < -0.39 is 15.8 Å². The van der Waals surface area contributed by atoms with Gasteiger partial charge < -0.3 is 14.8 Å². The van der Waals surface area contributed by atoms with Crippen LogP contribution in [0.2, 0.25) is 0 Å². The number of aromatic amines is 1. The van der Waals surface area contributed by atoms with Crippen LogP contribution in [0.15, 0.2) is 90.5 Å². The number of benzene rings is 3. The number of rotatable bonds is 7. The van der Waals surface area contributed by atoms with Crippen molar-refractivity contribution >= 4 is 70.3 Å². The largest absolute Gasteiger partial charge is 0.481 e. The summed E-state index contributed by atoms with van der Waals surface area (Å²) in [7, 11) is -3.70. The SMILES string of the molecule is O=C(O)CSc1cc(Br)c(Oc2ccc3[nH]cc(S(=O)(=O)c4ccccc4)c3c2)c(Br)c1. The molecule has 4 aromatic rings. The van der Waals surface area contributed by atoms with E-state index in [1.54, 1.807) is 60.7 Å². The summed E-state index contributed by atoms with van der Waals surface area (Å²) in [5.41, 5.74) is 0.672. The summed E-state index contributed by atoms with van der Waals surface area (Å²) in [4.78, 5) is 15.0. The Morgan fingerprint density at radius 2 is 1.72 bits per heavy atom. The molecular weight excluding hydrogens is 582 g/mol. The Morgan fingerprint density at radius 3 is 2.38 bits per heavy atom. The minimum atomic E-state index is -3.70. The normalized spacial score (nSPS) is 11.6. The van der Waals surface area contributed by atoms with Crippen LogP contribution in [-0.4, -0.2) is 30.2 Å². The van der Waals surface area contributed by atoms with Gasteiger partial charge in [-0.15, -0.1) is 11.8 Å². The molecule has 0 aliphatic rings. The molecule has 0 spiro atoms. The molecule has 0 aliphatic heterocycles. The van der Waals surface area contributed by atoms with E-state index in [1.807, 2.05) is 0 Å². The van der Waals surface area contributed by atoms with Gasteiger partial charge in [0.05, 0.1) is 24.5 Å². The highest BCUT2D eigenvalue weighted by atomic mass is 79.9. The van der Waals surface area contributed by atoms with Crippen molar-refractivity contribution in [3.05, 3.63) is 75.8 Å². The zero-order valence-corrected chi connectivity index (χ0v) is 21.0. The van der Waals surface area contributed by atoms with Gasteiger partial charge in [0.1, 0.15) is 5.75 Å². The molecule has 2 N–H and O–H groups in total. The first-order valence-corrected chi connectivity index (χ1v) is 13.2. The molecule has 32 heavy (non-hydrogen) atoms. The van der Waals surface area contributed by atoms with Crippen molar-refractivity contribution in [1.29, 1.82) is 0 Å². The molecule has 0 unspecified atom stereocenters. The molecule has 0 radical (unpaired) electrons. The zero-order chi connectivity index (χ0) is 22.9. The van der Waals surface area contributed by atoms with Gasteiger partial charge in [0, 0.05) is 22.0 Å².